The molecule has 0 radical (unpaired) electrons. The molecule has 3 heteroatoms. The van der Waals surface area contributed by atoms with Gasteiger partial charge in [0.15, 0.2) is 0 Å². The number of rotatable bonds is 4. The molecule has 2 heterocycles. The van der Waals surface area contributed by atoms with Crippen LogP contribution in [-0.2, 0) is 4.79 Å². The van der Waals surface area contributed by atoms with Crippen LogP contribution in [0.3, 0.4) is 0 Å². The standard InChI is InChI=1S/C25H38N2O/c1-6-9-20(10-7-2)25(14-16-26-17-15-25)22(28)27-18-11-21-23(3,4)12-8-13-24(21,5)19-27/h6,8-12,26H,7,13-19H2,1-5H3/b9-6-,20-10+/t24-/m1/s1. The van der Waals surface area contributed by atoms with E-state index in [0.29, 0.717) is 5.91 Å². The highest BCUT2D eigenvalue weighted by atomic mass is 16.2. The first-order valence-corrected chi connectivity index (χ1v) is 11.0. The number of carbonyl (C=O) groups is 1. The average molecular weight is 383 g/mol. The highest BCUT2D eigenvalue weighted by Gasteiger charge is 2.48. The molecule has 2 aliphatic heterocycles. The molecular weight excluding hydrogens is 344 g/mol. The summed E-state index contributed by atoms with van der Waals surface area (Å²) in [6.45, 7) is 14.5. The van der Waals surface area contributed by atoms with Crippen LogP contribution in [0.25, 0.3) is 0 Å². The maximum absolute atomic E-state index is 14.0. The monoisotopic (exact) mass is 382 g/mol. The van der Waals surface area contributed by atoms with Gasteiger partial charge in [-0.1, -0.05) is 69.7 Å². The molecule has 1 aliphatic carbocycles. The second-order valence-corrected chi connectivity index (χ2v) is 9.59. The second-order valence-electron chi connectivity index (χ2n) is 9.59. The topological polar surface area (TPSA) is 32.3 Å². The molecule has 28 heavy (non-hydrogen) atoms. The van der Waals surface area contributed by atoms with Crippen molar-refractivity contribution in [3.63, 3.8) is 0 Å². The summed E-state index contributed by atoms with van der Waals surface area (Å²) in [5.74, 6) is 0.329. The Morgan fingerprint density at radius 3 is 2.61 bits per heavy atom. The van der Waals surface area contributed by atoms with Gasteiger partial charge in [-0.25, -0.2) is 0 Å². The van der Waals surface area contributed by atoms with Gasteiger partial charge in [0.2, 0.25) is 5.91 Å². The Hall–Kier alpha value is -1.61. The minimum Gasteiger partial charge on any atom is -0.337 e. The largest absolute Gasteiger partial charge is 0.337 e. The number of carbonyl (C=O) groups excluding carboxylic acids is 1. The zero-order valence-electron chi connectivity index (χ0n) is 18.5. The first-order chi connectivity index (χ1) is 13.3. The minimum atomic E-state index is -0.379. The molecule has 0 aromatic rings. The Morgan fingerprint density at radius 2 is 1.96 bits per heavy atom. The van der Waals surface area contributed by atoms with Crippen LogP contribution >= 0.6 is 0 Å². The third-order valence-corrected chi connectivity index (χ3v) is 6.98. The molecule has 3 aliphatic rings. The molecule has 1 atom stereocenters. The van der Waals surface area contributed by atoms with Gasteiger partial charge in [-0.3, -0.25) is 4.79 Å². The van der Waals surface area contributed by atoms with E-state index < -0.39 is 0 Å². The summed E-state index contributed by atoms with van der Waals surface area (Å²) in [6.07, 6.45) is 17.3. The fourth-order valence-electron chi connectivity index (χ4n) is 5.70. The molecular formula is C25H38N2O. The van der Waals surface area contributed by atoms with E-state index in [-0.39, 0.29) is 16.2 Å². The summed E-state index contributed by atoms with van der Waals surface area (Å²) in [5.41, 5.74) is 2.48. The first-order valence-electron chi connectivity index (χ1n) is 11.0. The van der Waals surface area contributed by atoms with E-state index in [0.717, 1.165) is 51.9 Å². The molecule has 1 fully saturated rings. The number of fused-ring (bicyclic) bond motifs is 1. The summed E-state index contributed by atoms with van der Waals surface area (Å²) in [6, 6.07) is 0. The molecule has 0 unspecified atom stereocenters. The molecule has 0 aromatic carbocycles. The van der Waals surface area contributed by atoms with Crippen LogP contribution in [0.1, 0.15) is 60.3 Å². The Labute approximate surface area is 171 Å². The van der Waals surface area contributed by atoms with Gasteiger partial charge in [-0.05, 0) is 51.3 Å². The first kappa shape index (κ1) is 21.1. The van der Waals surface area contributed by atoms with Crippen molar-refractivity contribution in [3.8, 4) is 0 Å². The van der Waals surface area contributed by atoms with Crippen LogP contribution in [-0.4, -0.2) is 37.0 Å². The third-order valence-electron chi connectivity index (χ3n) is 6.98. The Balaban J connectivity index is 1.95. The summed E-state index contributed by atoms with van der Waals surface area (Å²) < 4.78 is 0. The van der Waals surface area contributed by atoms with Crippen LogP contribution in [0.4, 0.5) is 0 Å². The van der Waals surface area contributed by atoms with Crippen LogP contribution in [0, 0.1) is 16.2 Å². The smallest absolute Gasteiger partial charge is 0.233 e. The lowest BCUT2D eigenvalue weighted by atomic mass is 9.62. The molecule has 0 bridgehead atoms. The Kier molecular flexibility index (Phi) is 6.05. The van der Waals surface area contributed by atoms with E-state index in [1.54, 1.807) is 0 Å². The normalized spacial score (nSPS) is 29.5. The summed E-state index contributed by atoms with van der Waals surface area (Å²) in [5, 5.41) is 3.46. The lowest BCUT2D eigenvalue weighted by molar-refractivity contribution is -0.142. The van der Waals surface area contributed by atoms with Crippen LogP contribution < -0.4 is 5.32 Å². The van der Waals surface area contributed by atoms with Crippen molar-refractivity contribution >= 4 is 5.91 Å². The van der Waals surface area contributed by atoms with E-state index >= 15 is 0 Å². The predicted molar refractivity (Wildman–Crippen MR) is 118 cm³/mol. The number of nitrogens with one attached hydrogen (secondary N) is 1. The number of amides is 1. The molecule has 0 spiro atoms. The van der Waals surface area contributed by atoms with Crippen molar-refractivity contribution in [2.45, 2.75) is 60.3 Å². The number of nitrogens with zero attached hydrogens (tertiary/aromatic N) is 1. The van der Waals surface area contributed by atoms with Gasteiger partial charge in [0.1, 0.15) is 0 Å². The molecule has 1 amide bonds. The van der Waals surface area contributed by atoms with E-state index in [1.165, 1.54) is 11.1 Å². The molecule has 3 nitrogen and oxygen atoms in total. The van der Waals surface area contributed by atoms with Crippen molar-refractivity contribution < 1.29 is 4.79 Å². The van der Waals surface area contributed by atoms with Crippen LogP contribution in [0.5, 0.6) is 0 Å². The molecule has 154 valence electrons. The van der Waals surface area contributed by atoms with Crippen molar-refractivity contribution in [3.05, 3.63) is 47.6 Å². The zero-order valence-corrected chi connectivity index (χ0v) is 18.5. The molecule has 1 N–H and O–H groups in total. The number of hydrogen-bond donors (Lipinski definition) is 1. The highest BCUT2D eigenvalue weighted by Crippen LogP contribution is 2.50. The summed E-state index contributed by atoms with van der Waals surface area (Å²) in [7, 11) is 0. The van der Waals surface area contributed by atoms with Gasteiger partial charge in [0.25, 0.3) is 0 Å². The van der Waals surface area contributed by atoms with Gasteiger partial charge < -0.3 is 10.2 Å². The Morgan fingerprint density at radius 1 is 1.25 bits per heavy atom. The van der Waals surface area contributed by atoms with Crippen LogP contribution in [0.15, 0.2) is 47.6 Å². The van der Waals surface area contributed by atoms with Gasteiger partial charge in [0.05, 0.1) is 5.41 Å². The second kappa shape index (κ2) is 8.02. The van der Waals surface area contributed by atoms with Gasteiger partial charge in [0, 0.05) is 23.9 Å². The average Bonchev–Trinajstić information content (AvgIpc) is 2.66. The van der Waals surface area contributed by atoms with E-state index in [1.807, 2.05) is 0 Å². The van der Waals surface area contributed by atoms with Crippen LogP contribution in [0.2, 0.25) is 0 Å². The van der Waals surface area contributed by atoms with Crippen molar-refractivity contribution in [2.24, 2.45) is 16.2 Å². The third kappa shape index (κ3) is 3.66. The maximum atomic E-state index is 14.0. The van der Waals surface area contributed by atoms with E-state index in [2.05, 4.69) is 81.3 Å². The van der Waals surface area contributed by atoms with Crippen molar-refractivity contribution in [2.75, 3.05) is 26.2 Å². The van der Waals surface area contributed by atoms with Gasteiger partial charge in [-0.2, -0.15) is 0 Å². The van der Waals surface area contributed by atoms with Gasteiger partial charge >= 0.3 is 0 Å². The summed E-state index contributed by atoms with van der Waals surface area (Å²) in [4.78, 5) is 16.2. The highest BCUT2D eigenvalue weighted by molar-refractivity contribution is 5.87. The molecule has 0 saturated carbocycles. The van der Waals surface area contributed by atoms with Crippen molar-refractivity contribution in [1.82, 2.24) is 10.2 Å². The lowest BCUT2D eigenvalue weighted by Crippen LogP contribution is -2.55. The van der Waals surface area contributed by atoms with Crippen molar-refractivity contribution in [1.29, 1.82) is 0 Å². The zero-order chi connectivity index (χ0) is 20.4. The van der Waals surface area contributed by atoms with E-state index in [9.17, 15) is 4.79 Å². The fraction of sp³-hybridized carbons (Fsp3) is 0.640. The SMILES string of the molecule is C/C=C\C(=C/CC)C1(C(=O)N2CC=C3C(C)(C)C=CC[C@]3(C)C2)CCNCC1. The lowest BCUT2D eigenvalue weighted by Gasteiger charge is -2.50. The maximum Gasteiger partial charge on any atom is 0.233 e. The number of hydrogen-bond acceptors (Lipinski definition) is 2. The molecule has 1 saturated heterocycles. The molecule has 0 aromatic heterocycles. The predicted octanol–water partition coefficient (Wildman–Crippen LogP) is 5.03. The molecule has 3 rings (SSSR count). The Bertz CT molecular complexity index is 719. The van der Waals surface area contributed by atoms with E-state index in [4.69, 9.17) is 0 Å². The quantitative estimate of drug-likeness (QED) is 0.546. The number of allylic oxidation sites excluding steroid dienone is 5. The minimum absolute atomic E-state index is 0.0511. The fourth-order valence-corrected chi connectivity index (χ4v) is 5.70. The number of piperidine rings is 1. The summed E-state index contributed by atoms with van der Waals surface area (Å²) >= 11 is 0. The van der Waals surface area contributed by atoms with Gasteiger partial charge in [-0.15, -0.1) is 0 Å².